The summed E-state index contributed by atoms with van der Waals surface area (Å²) in [6.45, 7) is 2.85. The Labute approximate surface area is 178 Å². The molecule has 0 saturated heterocycles. The Morgan fingerprint density at radius 2 is 2.00 bits per heavy atom. The van der Waals surface area contributed by atoms with Gasteiger partial charge >= 0.3 is 0 Å². The van der Waals surface area contributed by atoms with Gasteiger partial charge in [-0.05, 0) is 36.8 Å². The van der Waals surface area contributed by atoms with E-state index in [-0.39, 0.29) is 18.3 Å². The van der Waals surface area contributed by atoms with Crippen molar-refractivity contribution in [2.75, 3.05) is 5.32 Å². The number of ether oxygens (including phenoxy) is 1. The summed E-state index contributed by atoms with van der Waals surface area (Å²) in [5.74, 6) is 0.316. The van der Waals surface area contributed by atoms with Crippen molar-refractivity contribution in [2.24, 2.45) is 0 Å². The lowest BCUT2D eigenvalue weighted by Crippen LogP contribution is -2.14. The molecule has 2 aromatic carbocycles. The number of aromatic nitrogens is 4. The van der Waals surface area contributed by atoms with Crippen LogP contribution >= 0.6 is 11.6 Å². The zero-order valence-electron chi connectivity index (χ0n) is 16.3. The number of rotatable bonds is 7. The lowest BCUT2D eigenvalue weighted by Gasteiger charge is -2.06. The third-order valence-electron chi connectivity index (χ3n) is 4.35. The topological polar surface area (TPSA) is 74.0 Å². The standard InChI is InChI=1S/C22H20ClN5O2/c1-16-4-2-5-17(10-16)13-28-14-19(12-24-28)25-22(29)21-8-9-27(26-21)15-30-20-7-3-6-18(23)11-20/h2-12,14H,13,15H2,1H3,(H,25,29). The first-order valence-corrected chi connectivity index (χ1v) is 9.74. The van der Waals surface area contributed by atoms with E-state index in [1.807, 2.05) is 12.1 Å². The van der Waals surface area contributed by atoms with Crippen molar-refractivity contribution in [3.63, 3.8) is 0 Å². The first-order chi connectivity index (χ1) is 14.5. The molecule has 0 spiro atoms. The van der Waals surface area contributed by atoms with Gasteiger partial charge in [0, 0.05) is 17.4 Å². The molecule has 0 aliphatic rings. The number of halogens is 1. The molecule has 1 amide bonds. The maximum atomic E-state index is 12.5. The zero-order chi connectivity index (χ0) is 20.9. The number of nitrogens with zero attached hydrogens (tertiary/aromatic N) is 4. The summed E-state index contributed by atoms with van der Waals surface area (Å²) < 4.78 is 8.94. The van der Waals surface area contributed by atoms with Crippen LogP contribution < -0.4 is 10.1 Å². The molecule has 0 unspecified atom stereocenters. The Morgan fingerprint density at radius 1 is 1.13 bits per heavy atom. The molecule has 30 heavy (non-hydrogen) atoms. The van der Waals surface area contributed by atoms with E-state index in [4.69, 9.17) is 16.3 Å². The van der Waals surface area contributed by atoms with Gasteiger partial charge in [-0.1, -0.05) is 47.5 Å². The fourth-order valence-corrected chi connectivity index (χ4v) is 3.14. The van der Waals surface area contributed by atoms with Crippen LogP contribution in [0.25, 0.3) is 0 Å². The monoisotopic (exact) mass is 421 g/mol. The van der Waals surface area contributed by atoms with Crippen LogP contribution in [0.5, 0.6) is 5.75 Å². The second-order valence-corrected chi connectivity index (χ2v) is 7.28. The number of carbonyl (C=O) groups excluding carboxylic acids is 1. The molecule has 0 aliphatic carbocycles. The minimum Gasteiger partial charge on any atom is -0.471 e. The molecule has 4 rings (SSSR count). The van der Waals surface area contributed by atoms with Crippen LogP contribution in [0.15, 0.2) is 73.2 Å². The molecule has 4 aromatic rings. The first-order valence-electron chi connectivity index (χ1n) is 9.36. The van der Waals surface area contributed by atoms with Crippen LogP contribution in [-0.4, -0.2) is 25.5 Å². The number of benzene rings is 2. The number of anilines is 1. The Hall–Kier alpha value is -3.58. The summed E-state index contributed by atoms with van der Waals surface area (Å²) in [6, 6.07) is 17.0. The van der Waals surface area contributed by atoms with Gasteiger partial charge in [-0.25, -0.2) is 4.68 Å². The van der Waals surface area contributed by atoms with Crippen molar-refractivity contribution in [2.45, 2.75) is 20.2 Å². The molecule has 0 fully saturated rings. The molecule has 0 aliphatic heterocycles. The largest absolute Gasteiger partial charge is 0.471 e. The van der Waals surface area contributed by atoms with Gasteiger partial charge in [-0.15, -0.1) is 0 Å². The van der Waals surface area contributed by atoms with Gasteiger partial charge in [0.05, 0.1) is 18.4 Å². The smallest absolute Gasteiger partial charge is 0.276 e. The van der Waals surface area contributed by atoms with Crippen LogP contribution in [0, 0.1) is 6.92 Å². The van der Waals surface area contributed by atoms with Crippen LogP contribution in [0.2, 0.25) is 5.02 Å². The quantitative estimate of drug-likeness (QED) is 0.480. The van der Waals surface area contributed by atoms with E-state index in [1.165, 1.54) is 10.2 Å². The molecule has 2 heterocycles. The van der Waals surface area contributed by atoms with E-state index in [2.05, 4.69) is 34.6 Å². The van der Waals surface area contributed by atoms with E-state index in [0.29, 0.717) is 23.0 Å². The molecule has 8 heteroatoms. The zero-order valence-corrected chi connectivity index (χ0v) is 17.1. The number of hydrogen-bond acceptors (Lipinski definition) is 4. The Morgan fingerprint density at radius 3 is 2.83 bits per heavy atom. The van der Waals surface area contributed by atoms with Gasteiger partial charge in [-0.2, -0.15) is 10.2 Å². The highest BCUT2D eigenvalue weighted by molar-refractivity contribution is 6.30. The molecular formula is C22H20ClN5O2. The van der Waals surface area contributed by atoms with Gasteiger partial charge in [0.2, 0.25) is 0 Å². The highest BCUT2D eigenvalue weighted by Crippen LogP contribution is 2.17. The number of nitrogens with one attached hydrogen (secondary N) is 1. The van der Waals surface area contributed by atoms with Gasteiger partial charge in [0.25, 0.3) is 5.91 Å². The first kappa shape index (κ1) is 19.7. The van der Waals surface area contributed by atoms with Crippen LogP contribution in [0.1, 0.15) is 21.6 Å². The predicted molar refractivity (Wildman–Crippen MR) is 115 cm³/mol. The van der Waals surface area contributed by atoms with Gasteiger partial charge in [0.1, 0.15) is 5.75 Å². The van der Waals surface area contributed by atoms with E-state index < -0.39 is 0 Å². The summed E-state index contributed by atoms with van der Waals surface area (Å²) in [6.07, 6.45) is 5.09. The highest BCUT2D eigenvalue weighted by atomic mass is 35.5. The lowest BCUT2D eigenvalue weighted by atomic mass is 10.1. The van der Waals surface area contributed by atoms with Crippen LogP contribution in [0.3, 0.4) is 0 Å². The number of amides is 1. The van der Waals surface area contributed by atoms with E-state index in [0.717, 1.165) is 5.56 Å². The number of aryl methyl sites for hydroxylation is 1. The summed E-state index contributed by atoms with van der Waals surface area (Å²) in [7, 11) is 0. The summed E-state index contributed by atoms with van der Waals surface area (Å²) >= 11 is 5.94. The molecular weight excluding hydrogens is 402 g/mol. The second-order valence-electron chi connectivity index (χ2n) is 6.84. The van der Waals surface area contributed by atoms with Crippen molar-refractivity contribution in [3.05, 3.63) is 95.0 Å². The van der Waals surface area contributed by atoms with Gasteiger partial charge in [-0.3, -0.25) is 9.48 Å². The Kier molecular flexibility index (Phi) is 5.81. The van der Waals surface area contributed by atoms with Crippen molar-refractivity contribution < 1.29 is 9.53 Å². The minimum atomic E-state index is -0.313. The normalized spacial score (nSPS) is 10.7. The molecule has 0 atom stereocenters. The lowest BCUT2D eigenvalue weighted by molar-refractivity contribution is 0.102. The van der Waals surface area contributed by atoms with Crippen molar-refractivity contribution in [1.82, 2.24) is 19.6 Å². The fourth-order valence-electron chi connectivity index (χ4n) is 2.96. The molecule has 7 nitrogen and oxygen atoms in total. The molecule has 0 saturated carbocycles. The molecule has 0 bridgehead atoms. The maximum absolute atomic E-state index is 12.5. The van der Waals surface area contributed by atoms with Crippen LogP contribution in [0.4, 0.5) is 5.69 Å². The minimum absolute atomic E-state index is 0.169. The average Bonchev–Trinajstić information content (AvgIpc) is 3.36. The molecule has 2 aromatic heterocycles. The third kappa shape index (κ3) is 5.07. The van der Waals surface area contributed by atoms with Gasteiger partial charge < -0.3 is 10.1 Å². The molecule has 1 N–H and O–H groups in total. The van der Waals surface area contributed by atoms with E-state index >= 15 is 0 Å². The maximum Gasteiger partial charge on any atom is 0.276 e. The average molecular weight is 422 g/mol. The van der Waals surface area contributed by atoms with Gasteiger partial charge in [0.15, 0.2) is 12.4 Å². The molecule has 0 radical (unpaired) electrons. The van der Waals surface area contributed by atoms with E-state index in [9.17, 15) is 4.79 Å². The number of hydrogen-bond donors (Lipinski definition) is 1. The fraction of sp³-hybridized carbons (Fsp3) is 0.136. The summed E-state index contributed by atoms with van der Waals surface area (Å²) in [5, 5.41) is 12.0. The highest BCUT2D eigenvalue weighted by Gasteiger charge is 2.11. The van der Waals surface area contributed by atoms with Crippen molar-refractivity contribution in [3.8, 4) is 5.75 Å². The Bertz CT molecular complexity index is 1170. The SMILES string of the molecule is Cc1cccc(Cn2cc(NC(=O)c3ccn(COc4cccc(Cl)c4)n3)cn2)c1. The summed E-state index contributed by atoms with van der Waals surface area (Å²) in [4.78, 5) is 12.5. The second kappa shape index (κ2) is 8.84. The summed E-state index contributed by atoms with van der Waals surface area (Å²) in [5.41, 5.74) is 3.24. The van der Waals surface area contributed by atoms with E-state index in [1.54, 1.807) is 53.6 Å². The third-order valence-corrected chi connectivity index (χ3v) is 4.59. The van der Waals surface area contributed by atoms with Crippen molar-refractivity contribution in [1.29, 1.82) is 0 Å². The molecule has 152 valence electrons. The predicted octanol–water partition coefficient (Wildman–Crippen LogP) is 4.38. The van der Waals surface area contributed by atoms with Crippen molar-refractivity contribution >= 4 is 23.2 Å². The van der Waals surface area contributed by atoms with Crippen LogP contribution in [-0.2, 0) is 13.3 Å². The Balaban J connectivity index is 1.34. The number of carbonyl (C=O) groups is 1.